The molecule has 2 atom stereocenters. The van der Waals surface area contributed by atoms with E-state index in [1.165, 1.54) is 12.2 Å². The summed E-state index contributed by atoms with van der Waals surface area (Å²) in [5.41, 5.74) is -5.89. The van der Waals surface area contributed by atoms with Crippen molar-refractivity contribution in [3.8, 4) is 5.75 Å². The third-order valence-electron chi connectivity index (χ3n) is 6.58. The Bertz CT molecular complexity index is 1020. The minimum Gasteiger partial charge on any atom is -0.493 e. The number of fused-ring (bicyclic) bond motifs is 4. The average molecular weight is 461 g/mol. The van der Waals surface area contributed by atoms with Crippen LogP contribution in [0, 0.1) is 5.92 Å². The van der Waals surface area contributed by atoms with E-state index in [2.05, 4.69) is 0 Å². The Morgan fingerprint density at radius 1 is 1.03 bits per heavy atom. The van der Waals surface area contributed by atoms with E-state index in [1.807, 2.05) is 12.1 Å². The molecule has 10 heteroatoms. The number of halogens is 6. The van der Waals surface area contributed by atoms with Crippen LogP contribution in [0.2, 0.25) is 0 Å². The standard InChI is InChI=1S/C22H21F6NO3/c1-19(2)14-10-12(20(30,21(23,24)25)22(26,27)28)8-9-16(14)29(31-3)18-13-6-4-5-7-17(13)32-11-15(18)19/h4-10,15,18,30H,11H2,1-3H3. The van der Waals surface area contributed by atoms with Gasteiger partial charge < -0.3 is 9.84 Å². The van der Waals surface area contributed by atoms with E-state index in [1.54, 1.807) is 26.0 Å². The van der Waals surface area contributed by atoms with Gasteiger partial charge in [-0.15, -0.1) is 0 Å². The molecule has 0 spiro atoms. The molecule has 174 valence electrons. The zero-order valence-electron chi connectivity index (χ0n) is 17.4. The van der Waals surface area contributed by atoms with Crippen LogP contribution >= 0.6 is 0 Å². The molecule has 2 heterocycles. The van der Waals surface area contributed by atoms with E-state index in [4.69, 9.17) is 9.57 Å². The molecule has 0 saturated heterocycles. The lowest BCUT2D eigenvalue weighted by atomic mass is 9.64. The number of hydrogen-bond acceptors (Lipinski definition) is 4. The zero-order valence-corrected chi connectivity index (χ0v) is 17.4. The first-order chi connectivity index (χ1) is 14.7. The summed E-state index contributed by atoms with van der Waals surface area (Å²) in [6.07, 6.45) is -11.9. The number of hydroxylamine groups is 1. The number of anilines is 1. The van der Waals surface area contributed by atoms with Crippen LogP contribution in [-0.4, -0.2) is 31.2 Å². The molecule has 0 amide bonds. The first-order valence-corrected chi connectivity index (χ1v) is 9.81. The van der Waals surface area contributed by atoms with Gasteiger partial charge in [0.05, 0.1) is 25.4 Å². The van der Waals surface area contributed by atoms with Crippen LogP contribution < -0.4 is 9.80 Å². The van der Waals surface area contributed by atoms with Gasteiger partial charge >= 0.3 is 12.4 Å². The molecular formula is C22H21F6NO3. The molecule has 0 bridgehead atoms. The molecule has 2 aromatic rings. The fraction of sp³-hybridized carbons (Fsp3) is 0.455. The van der Waals surface area contributed by atoms with Gasteiger partial charge in [-0.3, -0.25) is 4.84 Å². The molecule has 2 aromatic carbocycles. The summed E-state index contributed by atoms with van der Waals surface area (Å²) in [5, 5.41) is 11.4. The van der Waals surface area contributed by atoms with E-state index < -0.39 is 28.9 Å². The van der Waals surface area contributed by atoms with E-state index in [-0.39, 0.29) is 24.1 Å². The molecule has 4 rings (SSSR count). The Balaban J connectivity index is 1.93. The largest absolute Gasteiger partial charge is 0.493 e. The van der Waals surface area contributed by atoms with Gasteiger partial charge in [0.15, 0.2) is 0 Å². The Morgan fingerprint density at radius 2 is 1.66 bits per heavy atom. The number of rotatable bonds is 2. The Labute approximate surface area is 180 Å². The second-order valence-electron chi connectivity index (χ2n) is 8.57. The first-order valence-electron chi connectivity index (χ1n) is 9.81. The van der Waals surface area contributed by atoms with Crippen LogP contribution in [0.1, 0.15) is 36.6 Å². The van der Waals surface area contributed by atoms with Crippen molar-refractivity contribution in [3.63, 3.8) is 0 Å². The molecule has 1 N–H and O–H groups in total. The summed E-state index contributed by atoms with van der Waals surface area (Å²) in [6.45, 7) is 3.65. The summed E-state index contributed by atoms with van der Waals surface area (Å²) in [4.78, 5) is 5.57. The smallest absolute Gasteiger partial charge is 0.430 e. The number of benzene rings is 2. The summed E-state index contributed by atoms with van der Waals surface area (Å²) < 4.78 is 86.6. The van der Waals surface area contributed by atoms with Gasteiger partial charge in [0, 0.05) is 22.5 Å². The summed E-state index contributed by atoms with van der Waals surface area (Å²) in [5.74, 6) is 0.278. The van der Waals surface area contributed by atoms with Crippen molar-refractivity contribution in [2.75, 3.05) is 18.8 Å². The lowest BCUT2D eigenvalue weighted by Crippen LogP contribution is -2.55. The highest BCUT2D eigenvalue weighted by Gasteiger charge is 2.71. The van der Waals surface area contributed by atoms with Gasteiger partial charge in [0.2, 0.25) is 0 Å². The van der Waals surface area contributed by atoms with Crippen molar-refractivity contribution < 1.29 is 41.0 Å². The van der Waals surface area contributed by atoms with Crippen molar-refractivity contribution >= 4 is 5.69 Å². The topological polar surface area (TPSA) is 41.9 Å². The maximum Gasteiger partial charge on any atom is 0.430 e. The lowest BCUT2D eigenvalue weighted by Gasteiger charge is -2.52. The minimum absolute atomic E-state index is 0.182. The SMILES string of the molecule is CON1c2ccc(C(O)(C(F)(F)F)C(F)(F)F)cc2C(C)(C)C2COc3ccccc3C21. The van der Waals surface area contributed by atoms with Crippen LogP contribution in [0.5, 0.6) is 5.75 Å². The molecule has 0 radical (unpaired) electrons. The van der Waals surface area contributed by atoms with Crippen molar-refractivity contribution in [3.05, 3.63) is 59.2 Å². The summed E-state index contributed by atoms with van der Waals surface area (Å²) in [7, 11) is 1.38. The van der Waals surface area contributed by atoms with Crippen molar-refractivity contribution in [1.29, 1.82) is 0 Å². The van der Waals surface area contributed by atoms with Crippen molar-refractivity contribution in [1.82, 2.24) is 0 Å². The number of aliphatic hydroxyl groups is 1. The maximum absolute atomic E-state index is 13.5. The molecule has 2 unspecified atom stereocenters. The quantitative estimate of drug-likeness (QED) is 0.608. The second kappa shape index (κ2) is 7.02. The molecule has 32 heavy (non-hydrogen) atoms. The molecule has 0 aromatic heterocycles. The minimum atomic E-state index is -5.96. The lowest BCUT2D eigenvalue weighted by molar-refractivity contribution is -0.376. The van der Waals surface area contributed by atoms with Crippen LogP contribution in [0.15, 0.2) is 42.5 Å². The van der Waals surface area contributed by atoms with Gasteiger partial charge in [-0.25, -0.2) is 5.06 Å². The molecule has 0 aliphatic carbocycles. The van der Waals surface area contributed by atoms with E-state index >= 15 is 0 Å². The number of para-hydroxylation sites is 1. The highest BCUT2D eigenvalue weighted by atomic mass is 19.4. The van der Waals surface area contributed by atoms with Gasteiger partial charge in [-0.1, -0.05) is 38.1 Å². The fourth-order valence-corrected chi connectivity index (χ4v) is 4.76. The van der Waals surface area contributed by atoms with Gasteiger partial charge in [-0.2, -0.15) is 26.3 Å². The van der Waals surface area contributed by atoms with Crippen molar-refractivity contribution in [2.24, 2.45) is 5.92 Å². The Morgan fingerprint density at radius 3 is 2.25 bits per heavy atom. The zero-order chi connectivity index (χ0) is 23.7. The maximum atomic E-state index is 13.5. The van der Waals surface area contributed by atoms with Gasteiger partial charge in [0.25, 0.3) is 5.60 Å². The monoisotopic (exact) mass is 461 g/mol. The molecule has 2 aliphatic rings. The Hall–Kier alpha value is -2.46. The van der Waals surface area contributed by atoms with Crippen LogP contribution in [0.25, 0.3) is 0 Å². The van der Waals surface area contributed by atoms with Crippen LogP contribution in [0.4, 0.5) is 32.0 Å². The van der Waals surface area contributed by atoms with Gasteiger partial charge in [-0.05, 0) is 23.8 Å². The van der Waals surface area contributed by atoms with Crippen LogP contribution in [-0.2, 0) is 15.9 Å². The Kier molecular flexibility index (Phi) is 4.98. The van der Waals surface area contributed by atoms with E-state index in [0.717, 1.165) is 17.7 Å². The van der Waals surface area contributed by atoms with E-state index in [0.29, 0.717) is 17.5 Å². The summed E-state index contributed by atoms with van der Waals surface area (Å²) in [6, 6.07) is 9.44. The third-order valence-corrected chi connectivity index (χ3v) is 6.58. The fourth-order valence-electron chi connectivity index (χ4n) is 4.76. The number of ether oxygens (including phenoxy) is 1. The first kappa shape index (κ1) is 22.7. The third kappa shape index (κ3) is 2.99. The summed E-state index contributed by atoms with van der Waals surface area (Å²) >= 11 is 0. The molecule has 0 fully saturated rings. The molecule has 0 saturated carbocycles. The van der Waals surface area contributed by atoms with Crippen molar-refractivity contribution in [2.45, 2.75) is 43.3 Å². The molecule has 2 aliphatic heterocycles. The second-order valence-corrected chi connectivity index (χ2v) is 8.57. The number of nitrogens with zero attached hydrogens (tertiary/aromatic N) is 1. The molecule has 4 nitrogen and oxygen atoms in total. The number of hydrogen-bond donors (Lipinski definition) is 1. The van der Waals surface area contributed by atoms with Gasteiger partial charge in [0.1, 0.15) is 5.75 Å². The highest BCUT2D eigenvalue weighted by molar-refractivity contribution is 5.63. The van der Waals surface area contributed by atoms with Crippen LogP contribution in [0.3, 0.4) is 0 Å². The number of alkyl halides is 6. The molecular weight excluding hydrogens is 440 g/mol. The predicted octanol–water partition coefficient (Wildman–Crippen LogP) is 5.41. The average Bonchev–Trinajstić information content (AvgIpc) is 2.71. The highest BCUT2D eigenvalue weighted by Crippen LogP contribution is 2.57. The predicted molar refractivity (Wildman–Crippen MR) is 103 cm³/mol. The van der Waals surface area contributed by atoms with E-state index in [9.17, 15) is 31.4 Å². The normalized spacial score (nSPS) is 22.5.